The van der Waals surface area contributed by atoms with Crippen molar-refractivity contribution in [1.29, 1.82) is 0 Å². The summed E-state index contributed by atoms with van der Waals surface area (Å²) in [5.41, 5.74) is 3.55. The average Bonchev–Trinajstić information content (AvgIpc) is 3.06. The molecule has 2 aromatic carbocycles. The van der Waals surface area contributed by atoms with Crippen LogP contribution in [-0.2, 0) is 18.9 Å². The third kappa shape index (κ3) is 12.4. The van der Waals surface area contributed by atoms with Gasteiger partial charge in [0.25, 0.3) is 0 Å². The normalized spacial score (nSPS) is 14.7. The van der Waals surface area contributed by atoms with Crippen LogP contribution in [0.25, 0.3) is 11.3 Å². The number of anilines is 4. The molecule has 15 nitrogen and oxygen atoms in total. The van der Waals surface area contributed by atoms with Crippen LogP contribution in [0.2, 0.25) is 5.02 Å². The van der Waals surface area contributed by atoms with Crippen LogP contribution in [-0.4, -0.2) is 109 Å². The minimum Gasteiger partial charge on any atom is -0.464 e. The van der Waals surface area contributed by atoms with Crippen molar-refractivity contribution >= 4 is 62.5 Å². The first-order valence-corrected chi connectivity index (χ1v) is 18.8. The Hall–Kier alpha value is -3.49. The fourth-order valence-corrected chi connectivity index (χ4v) is 6.98. The van der Waals surface area contributed by atoms with Crippen molar-refractivity contribution in [3.05, 3.63) is 72.4 Å². The molecule has 1 aliphatic rings. The van der Waals surface area contributed by atoms with Crippen LogP contribution in [0.3, 0.4) is 0 Å². The van der Waals surface area contributed by atoms with Crippen LogP contribution in [0.15, 0.2) is 67.4 Å². The standard InChI is InChI=1S/C31H40ClN7O8P2/c1-2-27(40)35-24-8-3-6-22(18-24)30-26(32)21-34-31(37-30)36-25-9-4-7-23(19-25)33-10-5-11-38-12-14-39(15-13-38)16-17-47-28(41)20-29(48(42)43)49(44,45)46/h2-4,6-9,18-19,21,29,33,42-43H,1,5,10-17,20H2,(H,35,40)(H,34,36,37)(H2,44,45,46). The van der Waals surface area contributed by atoms with Crippen LogP contribution >= 0.6 is 27.6 Å². The lowest BCUT2D eigenvalue weighted by molar-refractivity contribution is -0.144. The van der Waals surface area contributed by atoms with E-state index in [2.05, 4.69) is 42.3 Å². The van der Waals surface area contributed by atoms with E-state index in [1.165, 1.54) is 12.3 Å². The molecule has 1 amide bonds. The van der Waals surface area contributed by atoms with E-state index < -0.39 is 33.8 Å². The molecule has 18 heteroatoms. The van der Waals surface area contributed by atoms with Gasteiger partial charge in [-0.15, -0.1) is 0 Å². The number of hydrogen-bond donors (Lipinski definition) is 7. The van der Waals surface area contributed by atoms with Gasteiger partial charge in [-0.2, -0.15) is 0 Å². The lowest BCUT2D eigenvalue weighted by Crippen LogP contribution is -2.47. The highest BCUT2D eigenvalue weighted by atomic mass is 35.5. The first-order chi connectivity index (χ1) is 23.4. The van der Waals surface area contributed by atoms with Crippen molar-refractivity contribution < 1.29 is 38.5 Å². The second-order valence-corrected chi connectivity index (χ2v) is 15.0. The second-order valence-electron chi connectivity index (χ2n) is 11.1. The van der Waals surface area contributed by atoms with Gasteiger partial charge in [0.05, 0.1) is 23.3 Å². The minimum atomic E-state index is -4.83. The fourth-order valence-electron chi connectivity index (χ4n) is 5.01. The number of carbonyl (C=O) groups excluding carboxylic acids is 2. The topological polar surface area (TPSA) is 210 Å². The van der Waals surface area contributed by atoms with Gasteiger partial charge in [0, 0.05) is 61.9 Å². The van der Waals surface area contributed by atoms with Crippen LogP contribution in [0.4, 0.5) is 23.0 Å². The molecule has 0 spiro atoms. The maximum Gasteiger partial charge on any atom is 0.338 e. The minimum absolute atomic E-state index is 0.0514. The van der Waals surface area contributed by atoms with E-state index in [1.807, 2.05) is 30.3 Å². The van der Waals surface area contributed by atoms with Crippen LogP contribution in [0.5, 0.6) is 0 Å². The number of aromatic nitrogens is 2. The van der Waals surface area contributed by atoms with Crippen molar-refractivity contribution in [3.8, 4) is 11.3 Å². The van der Waals surface area contributed by atoms with E-state index in [9.17, 15) is 33.7 Å². The molecular formula is C31H40ClN7O8P2. The Morgan fingerprint density at radius 2 is 1.71 bits per heavy atom. The first kappa shape index (κ1) is 38.3. The molecule has 1 aromatic heterocycles. The number of hydrogen-bond acceptors (Lipinski definition) is 12. The molecule has 0 radical (unpaired) electrons. The highest BCUT2D eigenvalue weighted by Crippen LogP contribution is 2.56. The number of halogens is 1. The van der Waals surface area contributed by atoms with Gasteiger partial charge in [-0.05, 0) is 49.4 Å². The van der Waals surface area contributed by atoms with Crippen LogP contribution < -0.4 is 16.0 Å². The summed E-state index contributed by atoms with van der Waals surface area (Å²) in [4.78, 5) is 73.8. The molecule has 0 saturated carbocycles. The largest absolute Gasteiger partial charge is 0.464 e. The summed E-state index contributed by atoms with van der Waals surface area (Å²) in [6, 6.07) is 15.0. The molecule has 1 saturated heterocycles. The maximum atomic E-state index is 11.9. The molecule has 2 heterocycles. The van der Waals surface area contributed by atoms with Crippen molar-refractivity contribution in [2.45, 2.75) is 18.2 Å². The Kier molecular flexibility index (Phi) is 14.5. The number of benzene rings is 2. The summed E-state index contributed by atoms with van der Waals surface area (Å²) in [7, 11) is -7.79. The number of amides is 1. The van der Waals surface area contributed by atoms with Crippen LogP contribution in [0, 0.1) is 0 Å². The van der Waals surface area contributed by atoms with Crippen LogP contribution in [0.1, 0.15) is 12.8 Å². The lowest BCUT2D eigenvalue weighted by Gasteiger charge is -2.34. The number of nitrogens with zero attached hydrogens (tertiary/aromatic N) is 4. The van der Waals surface area contributed by atoms with Crippen molar-refractivity contribution in [2.24, 2.45) is 0 Å². The zero-order valence-corrected chi connectivity index (χ0v) is 29.2. The Balaban J connectivity index is 1.17. The second kappa shape index (κ2) is 18.5. The van der Waals surface area contributed by atoms with E-state index in [4.69, 9.17) is 16.3 Å². The molecule has 7 N–H and O–H groups in total. The van der Waals surface area contributed by atoms with Crippen molar-refractivity contribution in [1.82, 2.24) is 19.8 Å². The van der Waals surface area contributed by atoms with Gasteiger partial charge in [0.1, 0.15) is 12.0 Å². The molecule has 0 aliphatic carbocycles. The molecule has 1 fully saturated rings. The van der Waals surface area contributed by atoms with E-state index in [1.54, 1.807) is 18.2 Å². The number of esters is 1. The Morgan fingerprint density at radius 1 is 1.04 bits per heavy atom. The van der Waals surface area contributed by atoms with E-state index in [-0.39, 0.29) is 12.5 Å². The quantitative estimate of drug-likeness (QED) is 0.0455. The average molecular weight is 736 g/mol. The van der Waals surface area contributed by atoms with Crippen molar-refractivity contribution in [2.75, 3.05) is 68.4 Å². The highest BCUT2D eigenvalue weighted by molar-refractivity contribution is 7.68. The Labute approximate surface area is 290 Å². The number of piperazine rings is 1. The summed E-state index contributed by atoms with van der Waals surface area (Å²) in [5, 5.41) is 7.94. The van der Waals surface area contributed by atoms with Gasteiger partial charge >= 0.3 is 13.6 Å². The molecular weight excluding hydrogens is 696 g/mol. The number of nitrogens with one attached hydrogen (secondary N) is 3. The third-order valence-electron chi connectivity index (χ3n) is 7.57. The van der Waals surface area contributed by atoms with Gasteiger partial charge < -0.3 is 45.2 Å². The van der Waals surface area contributed by atoms with E-state index in [0.717, 1.165) is 57.1 Å². The van der Waals surface area contributed by atoms with Gasteiger partial charge in [-0.25, -0.2) is 9.97 Å². The predicted molar refractivity (Wildman–Crippen MR) is 190 cm³/mol. The summed E-state index contributed by atoms with van der Waals surface area (Å²) in [5.74, 6) is -0.828. The Morgan fingerprint density at radius 3 is 2.41 bits per heavy atom. The molecule has 3 aromatic rings. The molecule has 1 unspecified atom stereocenters. The van der Waals surface area contributed by atoms with Gasteiger partial charge in [-0.1, -0.05) is 36.4 Å². The molecule has 1 aliphatic heterocycles. The van der Waals surface area contributed by atoms with Gasteiger partial charge in [0.15, 0.2) is 8.38 Å². The number of ether oxygens (including phenoxy) is 1. The smallest absolute Gasteiger partial charge is 0.338 e. The lowest BCUT2D eigenvalue weighted by atomic mass is 10.1. The zero-order valence-electron chi connectivity index (χ0n) is 26.6. The predicted octanol–water partition coefficient (Wildman–Crippen LogP) is 3.82. The summed E-state index contributed by atoms with van der Waals surface area (Å²) in [6.45, 7) is 8.94. The molecule has 0 bridgehead atoms. The Bertz CT molecular complexity index is 1640. The van der Waals surface area contributed by atoms with E-state index in [0.29, 0.717) is 34.5 Å². The maximum absolute atomic E-state index is 11.9. The third-order valence-corrected chi connectivity index (χ3v) is 11.0. The molecule has 49 heavy (non-hydrogen) atoms. The van der Waals surface area contributed by atoms with Gasteiger partial charge in [0.2, 0.25) is 11.9 Å². The van der Waals surface area contributed by atoms with E-state index >= 15 is 0 Å². The summed E-state index contributed by atoms with van der Waals surface area (Å²) in [6.07, 6.45) is 2.89. The highest BCUT2D eigenvalue weighted by Gasteiger charge is 2.38. The molecule has 264 valence electrons. The monoisotopic (exact) mass is 735 g/mol. The van der Waals surface area contributed by atoms with Crippen molar-refractivity contribution in [3.63, 3.8) is 0 Å². The molecule has 1 atom stereocenters. The summed E-state index contributed by atoms with van der Waals surface area (Å²) < 4.78 is 16.4. The SMILES string of the molecule is C=CC(=O)Nc1cccc(-c2nc(Nc3cccc(NCCCN4CCN(CCOC(=O)CC(P(O)O)P(=O)(O)O)CC4)c3)ncc2Cl)c1. The number of rotatable bonds is 17. The number of carbonyl (C=O) groups is 2. The summed E-state index contributed by atoms with van der Waals surface area (Å²) >= 11 is 6.42. The zero-order chi connectivity index (χ0) is 35.4. The first-order valence-electron chi connectivity index (χ1n) is 15.4. The molecule has 4 rings (SSSR count). The fraction of sp³-hybridized carbons (Fsp3) is 0.355. The van der Waals surface area contributed by atoms with Gasteiger partial charge in [-0.3, -0.25) is 19.1 Å².